The number of aryl methyl sites for hydroxylation is 2. The minimum Gasteiger partial charge on any atom is -0.311 e. The zero-order valence-corrected chi connectivity index (χ0v) is 13.5. The standard InChI is InChI=1S/C17H24N2S/c1-14-6-4-5-7-16(14)13-19(3)11-10-18-12-17-9-8-15(2)20-17/h4-9,18H,10-13H2,1-3H3. The molecule has 3 heteroatoms. The Morgan fingerprint density at radius 3 is 2.60 bits per heavy atom. The van der Waals surface area contributed by atoms with Crippen LogP contribution in [0, 0.1) is 13.8 Å². The molecule has 2 aromatic rings. The molecule has 0 amide bonds. The second-order valence-corrected chi connectivity index (χ2v) is 6.73. The van der Waals surface area contributed by atoms with Gasteiger partial charge in [-0.2, -0.15) is 0 Å². The van der Waals surface area contributed by atoms with Crippen molar-refractivity contribution < 1.29 is 0 Å². The molecular weight excluding hydrogens is 264 g/mol. The van der Waals surface area contributed by atoms with Crippen molar-refractivity contribution in [2.24, 2.45) is 0 Å². The lowest BCUT2D eigenvalue weighted by Gasteiger charge is -2.18. The van der Waals surface area contributed by atoms with Gasteiger partial charge in [-0.15, -0.1) is 11.3 Å². The lowest BCUT2D eigenvalue weighted by molar-refractivity contribution is 0.323. The smallest absolute Gasteiger partial charge is 0.0300 e. The van der Waals surface area contributed by atoms with E-state index in [0.29, 0.717) is 0 Å². The number of hydrogen-bond donors (Lipinski definition) is 1. The average Bonchev–Trinajstić information content (AvgIpc) is 2.83. The van der Waals surface area contributed by atoms with Crippen LogP contribution in [0.1, 0.15) is 20.9 Å². The first kappa shape index (κ1) is 15.2. The van der Waals surface area contributed by atoms with Gasteiger partial charge in [0.1, 0.15) is 0 Å². The molecule has 0 spiro atoms. The largest absolute Gasteiger partial charge is 0.311 e. The summed E-state index contributed by atoms with van der Waals surface area (Å²) in [5, 5.41) is 3.52. The fraction of sp³-hybridized carbons (Fsp3) is 0.412. The van der Waals surface area contributed by atoms with Crippen molar-refractivity contribution in [1.82, 2.24) is 10.2 Å². The minimum atomic E-state index is 0.983. The van der Waals surface area contributed by atoms with Gasteiger partial charge in [-0.1, -0.05) is 24.3 Å². The number of thiophene rings is 1. The molecule has 0 unspecified atom stereocenters. The number of likely N-dealkylation sites (N-methyl/N-ethyl adjacent to an activating group) is 1. The number of nitrogens with zero attached hydrogens (tertiary/aromatic N) is 1. The van der Waals surface area contributed by atoms with Crippen molar-refractivity contribution in [3.63, 3.8) is 0 Å². The molecule has 1 heterocycles. The van der Waals surface area contributed by atoms with Gasteiger partial charge in [0.2, 0.25) is 0 Å². The van der Waals surface area contributed by atoms with Crippen LogP contribution in [0.2, 0.25) is 0 Å². The lowest BCUT2D eigenvalue weighted by atomic mass is 10.1. The summed E-state index contributed by atoms with van der Waals surface area (Å²) in [7, 11) is 2.18. The van der Waals surface area contributed by atoms with Gasteiger partial charge in [-0.05, 0) is 44.2 Å². The molecule has 20 heavy (non-hydrogen) atoms. The molecule has 0 aliphatic heterocycles. The van der Waals surface area contributed by atoms with Crippen molar-refractivity contribution in [3.05, 3.63) is 57.3 Å². The van der Waals surface area contributed by atoms with E-state index in [1.54, 1.807) is 0 Å². The molecule has 0 aliphatic carbocycles. The first-order chi connectivity index (χ1) is 9.65. The van der Waals surface area contributed by atoms with Gasteiger partial charge in [0.25, 0.3) is 0 Å². The third kappa shape index (κ3) is 4.75. The summed E-state index contributed by atoms with van der Waals surface area (Å²) in [6.45, 7) is 8.44. The monoisotopic (exact) mass is 288 g/mol. The average molecular weight is 288 g/mol. The van der Waals surface area contributed by atoms with Gasteiger partial charge in [-0.3, -0.25) is 0 Å². The van der Waals surface area contributed by atoms with Gasteiger partial charge in [0.05, 0.1) is 0 Å². The first-order valence-corrected chi connectivity index (χ1v) is 7.96. The zero-order chi connectivity index (χ0) is 14.4. The Kier molecular flexibility index (Phi) is 5.77. The van der Waals surface area contributed by atoms with E-state index in [4.69, 9.17) is 0 Å². The molecule has 1 aromatic heterocycles. The molecule has 0 aliphatic rings. The van der Waals surface area contributed by atoms with Crippen molar-refractivity contribution in [2.75, 3.05) is 20.1 Å². The van der Waals surface area contributed by atoms with Crippen LogP contribution in [0.4, 0.5) is 0 Å². The summed E-state index contributed by atoms with van der Waals surface area (Å²) in [4.78, 5) is 5.18. The Balaban J connectivity index is 1.68. The second-order valence-electron chi connectivity index (χ2n) is 5.35. The fourth-order valence-corrected chi connectivity index (χ4v) is 3.08. The van der Waals surface area contributed by atoms with Gasteiger partial charge in [0.15, 0.2) is 0 Å². The van der Waals surface area contributed by atoms with Gasteiger partial charge in [-0.25, -0.2) is 0 Å². The number of nitrogens with one attached hydrogen (secondary N) is 1. The maximum Gasteiger partial charge on any atom is 0.0300 e. The topological polar surface area (TPSA) is 15.3 Å². The van der Waals surface area contributed by atoms with Crippen molar-refractivity contribution in [2.45, 2.75) is 26.9 Å². The zero-order valence-electron chi connectivity index (χ0n) is 12.6. The van der Waals surface area contributed by atoms with E-state index in [1.807, 2.05) is 11.3 Å². The van der Waals surface area contributed by atoms with Crippen LogP contribution < -0.4 is 5.32 Å². The molecule has 2 nitrogen and oxygen atoms in total. The molecule has 0 atom stereocenters. The van der Waals surface area contributed by atoms with E-state index < -0.39 is 0 Å². The molecule has 0 radical (unpaired) electrons. The lowest BCUT2D eigenvalue weighted by Crippen LogP contribution is -2.28. The third-order valence-electron chi connectivity index (χ3n) is 3.47. The summed E-state index contributed by atoms with van der Waals surface area (Å²) in [5.74, 6) is 0. The Morgan fingerprint density at radius 1 is 1.10 bits per heavy atom. The van der Waals surface area contributed by atoms with Crippen LogP contribution >= 0.6 is 11.3 Å². The van der Waals surface area contributed by atoms with E-state index >= 15 is 0 Å². The maximum absolute atomic E-state index is 3.52. The van der Waals surface area contributed by atoms with Crippen molar-refractivity contribution in [3.8, 4) is 0 Å². The highest BCUT2D eigenvalue weighted by molar-refractivity contribution is 7.11. The number of rotatable bonds is 7. The van der Waals surface area contributed by atoms with E-state index in [1.165, 1.54) is 20.9 Å². The normalized spacial score (nSPS) is 11.2. The summed E-state index contributed by atoms with van der Waals surface area (Å²) in [6, 6.07) is 13.0. The summed E-state index contributed by atoms with van der Waals surface area (Å²) in [5.41, 5.74) is 2.80. The molecule has 1 aromatic carbocycles. The van der Waals surface area contributed by atoms with E-state index in [9.17, 15) is 0 Å². The Hall–Kier alpha value is -1.16. The van der Waals surface area contributed by atoms with Crippen molar-refractivity contribution >= 4 is 11.3 Å². The Bertz CT molecular complexity index is 533. The SMILES string of the molecule is Cc1ccc(CNCCN(C)Cc2ccccc2C)s1. The molecule has 0 fully saturated rings. The highest BCUT2D eigenvalue weighted by Crippen LogP contribution is 2.14. The maximum atomic E-state index is 3.52. The second kappa shape index (κ2) is 7.58. The van der Waals surface area contributed by atoms with E-state index in [-0.39, 0.29) is 0 Å². The van der Waals surface area contributed by atoms with Crippen LogP contribution in [0.3, 0.4) is 0 Å². The quantitative estimate of drug-likeness (QED) is 0.783. The molecule has 0 bridgehead atoms. The van der Waals surface area contributed by atoms with Crippen LogP contribution in [0.25, 0.3) is 0 Å². The molecule has 0 saturated heterocycles. The Labute approximate surface area is 126 Å². The number of hydrogen-bond acceptors (Lipinski definition) is 3. The predicted octanol–water partition coefficient (Wildman–Crippen LogP) is 3.59. The van der Waals surface area contributed by atoms with E-state index in [2.05, 4.69) is 67.5 Å². The highest BCUT2D eigenvalue weighted by Gasteiger charge is 2.02. The predicted molar refractivity (Wildman–Crippen MR) is 88.3 cm³/mol. The molecule has 108 valence electrons. The fourth-order valence-electron chi connectivity index (χ4n) is 2.22. The van der Waals surface area contributed by atoms with Crippen LogP contribution in [-0.4, -0.2) is 25.0 Å². The van der Waals surface area contributed by atoms with Gasteiger partial charge >= 0.3 is 0 Å². The number of benzene rings is 1. The summed E-state index contributed by atoms with van der Waals surface area (Å²) in [6.07, 6.45) is 0. The van der Waals surface area contributed by atoms with Crippen LogP contribution in [-0.2, 0) is 13.1 Å². The summed E-state index contributed by atoms with van der Waals surface area (Å²) >= 11 is 1.88. The van der Waals surface area contributed by atoms with Gasteiger partial charge in [0, 0.05) is 35.9 Å². The first-order valence-electron chi connectivity index (χ1n) is 7.14. The molecule has 2 rings (SSSR count). The van der Waals surface area contributed by atoms with Crippen LogP contribution in [0.5, 0.6) is 0 Å². The molecular formula is C17H24N2S. The van der Waals surface area contributed by atoms with Crippen LogP contribution in [0.15, 0.2) is 36.4 Å². The van der Waals surface area contributed by atoms with E-state index in [0.717, 1.165) is 26.2 Å². The summed E-state index contributed by atoms with van der Waals surface area (Å²) < 4.78 is 0. The molecule has 0 saturated carbocycles. The Morgan fingerprint density at radius 2 is 1.90 bits per heavy atom. The van der Waals surface area contributed by atoms with Gasteiger partial charge < -0.3 is 10.2 Å². The molecule has 1 N–H and O–H groups in total. The van der Waals surface area contributed by atoms with Crippen molar-refractivity contribution in [1.29, 1.82) is 0 Å². The minimum absolute atomic E-state index is 0.983. The highest BCUT2D eigenvalue weighted by atomic mass is 32.1. The third-order valence-corrected chi connectivity index (χ3v) is 4.47.